The van der Waals surface area contributed by atoms with Gasteiger partial charge >= 0.3 is 5.97 Å². The van der Waals surface area contributed by atoms with Gasteiger partial charge in [-0.3, -0.25) is 14.6 Å². The smallest absolute Gasteiger partial charge is 0.306 e. The first-order valence-electron chi connectivity index (χ1n) is 10.7. The van der Waals surface area contributed by atoms with E-state index in [0.717, 1.165) is 18.5 Å². The van der Waals surface area contributed by atoms with Crippen LogP contribution in [-0.4, -0.2) is 47.6 Å². The first-order valence-corrected chi connectivity index (χ1v) is 10.7. The third-order valence-electron chi connectivity index (χ3n) is 6.69. The van der Waals surface area contributed by atoms with Gasteiger partial charge in [0.15, 0.2) is 0 Å². The summed E-state index contributed by atoms with van der Waals surface area (Å²) in [7, 11) is 0. The molecule has 0 spiro atoms. The number of nitrogens with zero attached hydrogens (tertiary/aromatic N) is 2. The molecule has 3 rings (SSSR count). The van der Waals surface area contributed by atoms with Crippen LogP contribution >= 0.6 is 0 Å². The van der Waals surface area contributed by atoms with Gasteiger partial charge in [0, 0.05) is 31.3 Å². The summed E-state index contributed by atoms with van der Waals surface area (Å²) in [6.45, 7) is 12.1. The van der Waals surface area contributed by atoms with Crippen LogP contribution in [0.25, 0.3) is 0 Å². The van der Waals surface area contributed by atoms with Gasteiger partial charge in [-0.2, -0.15) is 0 Å². The third-order valence-corrected chi connectivity index (χ3v) is 6.69. The van der Waals surface area contributed by atoms with Crippen LogP contribution in [-0.2, 0) is 15.1 Å². The summed E-state index contributed by atoms with van der Waals surface area (Å²) in [6.07, 6.45) is 5.69. The molecule has 150 valence electrons. The van der Waals surface area contributed by atoms with E-state index in [2.05, 4.69) is 54.8 Å². The van der Waals surface area contributed by atoms with Crippen molar-refractivity contribution in [3.8, 4) is 0 Å². The molecule has 27 heavy (non-hydrogen) atoms. The Morgan fingerprint density at radius 1 is 1.19 bits per heavy atom. The molecular formula is C23H36N2O2. The van der Waals surface area contributed by atoms with E-state index < -0.39 is 5.60 Å². The monoisotopic (exact) mass is 372 g/mol. The zero-order chi connectivity index (χ0) is 19.4. The second kappa shape index (κ2) is 8.74. The minimum atomic E-state index is -0.522. The van der Waals surface area contributed by atoms with E-state index >= 15 is 0 Å². The number of hydrogen-bond donors (Lipinski definition) is 0. The first-order chi connectivity index (χ1) is 13.0. The third kappa shape index (κ3) is 4.22. The molecule has 4 heteroatoms. The maximum absolute atomic E-state index is 12.3. The van der Waals surface area contributed by atoms with Gasteiger partial charge in [0.2, 0.25) is 0 Å². The first kappa shape index (κ1) is 20.3. The number of carbonyl (C=O) groups is 1. The molecule has 4 atom stereocenters. The average molecular weight is 373 g/mol. The standard InChI is InChI=1S/C23H36N2O2/c1-5-22(26)27-23(21-12-8-6-9-13-21)16-19(3)25(17-18(23)2)20(4)24-14-10-7-11-15-24/h6,8-9,12-13,18-20H,5,7,10-11,14-17H2,1-4H3. The zero-order valence-electron chi connectivity index (χ0n) is 17.5. The molecule has 4 nitrogen and oxygen atoms in total. The predicted octanol–water partition coefficient (Wildman–Crippen LogP) is 4.40. The SMILES string of the molecule is CCC(=O)OC1(c2ccccc2)CC(C)N(C(C)N2CCCCC2)CC1C. The van der Waals surface area contributed by atoms with Crippen molar-refractivity contribution in [1.82, 2.24) is 9.80 Å². The number of benzene rings is 1. The van der Waals surface area contributed by atoms with Crippen LogP contribution in [0.5, 0.6) is 0 Å². The molecule has 1 aromatic carbocycles. The summed E-state index contributed by atoms with van der Waals surface area (Å²) in [5.41, 5.74) is 0.614. The zero-order valence-corrected chi connectivity index (χ0v) is 17.5. The van der Waals surface area contributed by atoms with Crippen molar-refractivity contribution < 1.29 is 9.53 Å². The van der Waals surface area contributed by atoms with E-state index in [0.29, 0.717) is 18.6 Å². The van der Waals surface area contributed by atoms with E-state index in [1.807, 2.05) is 13.0 Å². The maximum Gasteiger partial charge on any atom is 0.306 e. The van der Waals surface area contributed by atoms with Crippen molar-refractivity contribution in [3.63, 3.8) is 0 Å². The average Bonchev–Trinajstić information content (AvgIpc) is 2.71. The maximum atomic E-state index is 12.3. The van der Waals surface area contributed by atoms with Crippen LogP contribution in [0.1, 0.15) is 65.4 Å². The van der Waals surface area contributed by atoms with E-state index in [9.17, 15) is 4.79 Å². The van der Waals surface area contributed by atoms with Crippen LogP contribution < -0.4 is 0 Å². The van der Waals surface area contributed by atoms with Crippen LogP contribution in [0, 0.1) is 5.92 Å². The quantitative estimate of drug-likeness (QED) is 0.717. The molecule has 2 aliphatic heterocycles. The fraction of sp³-hybridized carbons (Fsp3) is 0.696. The fourth-order valence-electron chi connectivity index (χ4n) is 5.02. The van der Waals surface area contributed by atoms with Gasteiger partial charge in [-0.05, 0) is 45.3 Å². The molecule has 1 aromatic rings. The van der Waals surface area contributed by atoms with Gasteiger partial charge in [0.25, 0.3) is 0 Å². The Morgan fingerprint density at radius 2 is 1.85 bits per heavy atom. The lowest BCUT2D eigenvalue weighted by Crippen LogP contribution is -2.60. The topological polar surface area (TPSA) is 32.8 Å². The number of esters is 1. The number of piperidine rings is 2. The highest BCUT2D eigenvalue weighted by Gasteiger charge is 2.49. The number of ether oxygens (including phenoxy) is 1. The summed E-state index contributed by atoms with van der Waals surface area (Å²) in [5, 5.41) is 0. The molecule has 0 bridgehead atoms. The molecule has 2 aliphatic rings. The Balaban J connectivity index is 1.84. The fourth-order valence-corrected chi connectivity index (χ4v) is 5.02. The number of rotatable bonds is 5. The highest BCUT2D eigenvalue weighted by atomic mass is 16.6. The minimum Gasteiger partial charge on any atom is -0.454 e. The van der Waals surface area contributed by atoms with Gasteiger partial charge in [-0.15, -0.1) is 0 Å². The summed E-state index contributed by atoms with van der Waals surface area (Å²) < 4.78 is 6.19. The van der Waals surface area contributed by atoms with Crippen molar-refractivity contribution in [2.75, 3.05) is 19.6 Å². The normalized spacial score (nSPS) is 31.4. The van der Waals surface area contributed by atoms with Crippen LogP contribution in [0.4, 0.5) is 0 Å². The lowest BCUT2D eigenvalue weighted by Gasteiger charge is -2.53. The highest BCUT2D eigenvalue weighted by molar-refractivity contribution is 5.69. The summed E-state index contributed by atoms with van der Waals surface area (Å²) >= 11 is 0. The highest BCUT2D eigenvalue weighted by Crippen LogP contribution is 2.44. The summed E-state index contributed by atoms with van der Waals surface area (Å²) in [5.74, 6) is 0.147. The molecule has 0 saturated carbocycles. The van der Waals surface area contributed by atoms with Gasteiger partial charge in [0.1, 0.15) is 5.60 Å². The molecular weight excluding hydrogens is 336 g/mol. The Bertz CT molecular complexity index is 614. The van der Waals surface area contributed by atoms with E-state index in [1.54, 1.807) is 0 Å². The molecule has 2 saturated heterocycles. The molecule has 0 N–H and O–H groups in total. The van der Waals surface area contributed by atoms with Gasteiger partial charge < -0.3 is 4.74 Å². The van der Waals surface area contributed by atoms with Gasteiger partial charge in [0.05, 0.1) is 6.17 Å². The van der Waals surface area contributed by atoms with Gasteiger partial charge in [-0.25, -0.2) is 0 Å². The van der Waals surface area contributed by atoms with Crippen molar-refractivity contribution in [3.05, 3.63) is 35.9 Å². The predicted molar refractivity (Wildman–Crippen MR) is 109 cm³/mol. The summed E-state index contributed by atoms with van der Waals surface area (Å²) in [4.78, 5) is 17.6. The van der Waals surface area contributed by atoms with E-state index in [1.165, 1.54) is 32.4 Å². The van der Waals surface area contributed by atoms with E-state index in [4.69, 9.17) is 4.74 Å². The molecule has 2 heterocycles. The molecule has 0 aromatic heterocycles. The Kier molecular flexibility index (Phi) is 6.59. The Labute approximate surface area is 164 Å². The van der Waals surface area contributed by atoms with Crippen molar-refractivity contribution in [2.24, 2.45) is 5.92 Å². The number of likely N-dealkylation sites (tertiary alicyclic amines) is 2. The van der Waals surface area contributed by atoms with Crippen molar-refractivity contribution in [1.29, 1.82) is 0 Å². The van der Waals surface area contributed by atoms with Crippen LogP contribution in [0.2, 0.25) is 0 Å². The van der Waals surface area contributed by atoms with E-state index in [-0.39, 0.29) is 11.9 Å². The largest absolute Gasteiger partial charge is 0.454 e. The molecule has 0 aliphatic carbocycles. The summed E-state index contributed by atoms with van der Waals surface area (Å²) in [6, 6.07) is 10.7. The second-order valence-electron chi connectivity index (χ2n) is 8.46. The lowest BCUT2D eigenvalue weighted by atomic mass is 9.74. The molecule has 2 fully saturated rings. The number of carbonyl (C=O) groups excluding carboxylic acids is 1. The second-order valence-corrected chi connectivity index (χ2v) is 8.46. The van der Waals surface area contributed by atoms with Crippen molar-refractivity contribution in [2.45, 2.75) is 77.6 Å². The minimum absolute atomic E-state index is 0.101. The Hall–Kier alpha value is -1.39. The van der Waals surface area contributed by atoms with Crippen molar-refractivity contribution >= 4 is 5.97 Å². The molecule has 0 amide bonds. The van der Waals surface area contributed by atoms with Crippen LogP contribution in [0.15, 0.2) is 30.3 Å². The number of hydrogen-bond acceptors (Lipinski definition) is 4. The Morgan fingerprint density at radius 3 is 2.48 bits per heavy atom. The van der Waals surface area contributed by atoms with Crippen LogP contribution in [0.3, 0.4) is 0 Å². The lowest BCUT2D eigenvalue weighted by molar-refractivity contribution is -0.183. The molecule has 0 radical (unpaired) electrons. The van der Waals surface area contributed by atoms with Gasteiger partial charge in [-0.1, -0.05) is 50.6 Å². The molecule has 4 unspecified atom stereocenters.